The maximum Gasteiger partial charge on any atom is 0.274 e. The van der Waals surface area contributed by atoms with E-state index in [1.54, 1.807) is 23.8 Å². The van der Waals surface area contributed by atoms with Crippen molar-refractivity contribution in [3.8, 4) is 5.75 Å². The Morgan fingerprint density at radius 1 is 1.06 bits per heavy atom. The molecule has 0 saturated heterocycles. The minimum atomic E-state index is -0.381. The van der Waals surface area contributed by atoms with E-state index in [0.717, 1.165) is 16.8 Å². The molecule has 0 unspecified atom stereocenters. The average molecular weight is 416 g/mol. The number of ketones is 1. The number of nitrogens with zero attached hydrogens (tertiary/aromatic N) is 1. The average Bonchev–Trinajstić information content (AvgIpc) is 2.77. The van der Waals surface area contributed by atoms with Crippen LogP contribution in [0.15, 0.2) is 59.4 Å². The summed E-state index contributed by atoms with van der Waals surface area (Å²) in [5, 5.41) is 2.72. The summed E-state index contributed by atoms with van der Waals surface area (Å²) in [5.41, 5.74) is 3.39. The predicted octanol–water partition coefficient (Wildman–Crippen LogP) is 3.98. The van der Waals surface area contributed by atoms with Crippen molar-refractivity contribution < 1.29 is 14.3 Å². The lowest BCUT2D eigenvalue weighted by molar-refractivity contribution is 0.0968. The lowest BCUT2D eigenvalue weighted by atomic mass is 9.93. The molecule has 31 heavy (non-hydrogen) atoms. The largest absolute Gasteiger partial charge is 0.497 e. The molecule has 4 rings (SSSR count). The number of hydrogen-bond donors (Lipinski definition) is 1. The minimum absolute atomic E-state index is 0.00789. The molecule has 2 aromatic carbocycles. The van der Waals surface area contributed by atoms with E-state index in [9.17, 15) is 14.4 Å². The molecule has 0 saturated carbocycles. The Balaban J connectivity index is 1.75. The first-order valence-corrected chi connectivity index (χ1v) is 10.3. The van der Waals surface area contributed by atoms with Crippen molar-refractivity contribution in [2.24, 2.45) is 0 Å². The Kier molecular flexibility index (Phi) is 5.71. The zero-order valence-electron chi connectivity index (χ0n) is 17.6. The quantitative estimate of drug-likeness (QED) is 0.682. The maximum absolute atomic E-state index is 13.3. The summed E-state index contributed by atoms with van der Waals surface area (Å²) in [6.45, 7) is 2.23. The topological polar surface area (TPSA) is 77.4 Å². The van der Waals surface area contributed by atoms with E-state index in [0.29, 0.717) is 42.7 Å². The second kappa shape index (κ2) is 8.60. The SMILES string of the molecule is COc1cccc(Cn2c3c(cc(NC(=O)c4ccc(C)cc4)c2=O)C(=O)CCC3)c1. The van der Waals surface area contributed by atoms with E-state index in [1.807, 2.05) is 43.3 Å². The zero-order valence-corrected chi connectivity index (χ0v) is 17.6. The number of benzene rings is 2. The predicted molar refractivity (Wildman–Crippen MR) is 119 cm³/mol. The number of ether oxygens (including phenoxy) is 1. The number of hydrogen-bond acceptors (Lipinski definition) is 4. The Hall–Kier alpha value is -3.67. The van der Waals surface area contributed by atoms with Gasteiger partial charge in [-0.15, -0.1) is 0 Å². The van der Waals surface area contributed by atoms with Crippen LogP contribution in [0, 0.1) is 6.92 Å². The molecule has 0 atom stereocenters. The molecule has 1 N–H and O–H groups in total. The van der Waals surface area contributed by atoms with Crippen molar-refractivity contribution in [1.82, 2.24) is 4.57 Å². The van der Waals surface area contributed by atoms with E-state index < -0.39 is 0 Å². The number of aromatic nitrogens is 1. The molecule has 158 valence electrons. The number of methoxy groups -OCH3 is 1. The number of carbonyl (C=O) groups excluding carboxylic acids is 2. The summed E-state index contributed by atoms with van der Waals surface area (Å²) in [5.74, 6) is 0.305. The summed E-state index contributed by atoms with van der Waals surface area (Å²) >= 11 is 0. The van der Waals surface area contributed by atoms with Crippen LogP contribution in [0.4, 0.5) is 5.69 Å². The molecule has 1 aromatic heterocycles. The van der Waals surface area contributed by atoms with Crippen molar-refractivity contribution >= 4 is 17.4 Å². The Labute approximate surface area is 180 Å². The molecule has 6 heteroatoms. The lowest BCUT2D eigenvalue weighted by Gasteiger charge is -2.22. The second-order valence-corrected chi connectivity index (χ2v) is 7.76. The summed E-state index contributed by atoms with van der Waals surface area (Å²) in [7, 11) is 1.59. The van der Waals surface area contributed by atoms with Crippen LogP contribution >= 0.6 is 0 Å². The summed E-state index contributed by atoms with van der Waals surface area (Å²) in [4.78, 5) is 38.7. The first-order valence-electron chi connectivity index (χ1n) is 10.3. The molecule has 1 heterocycles. The van der Waals surface area contributed by atoms with Gasteiger partial charge in [0.25, 0.3) is 11.5 Å². The molecule has 1 aliphatic rings. The third-order valence-electron chi connectivity index (χ3n) is 5.56. The van der Waals surface area contributed by atoms with Crippen molar-refractivity contribution in [3.63, 3.8) is 0 Å². The highest BCUT2D eigenvalue weighted by molar-refractivity contribution is 6.05. The molecular weight excluding hydrogens is 392 g/mol. The monoisotopic (exact) mass is 416 g/mol. The summed E-state index contributed by atoms with van der Waals surface area (Å²) in [6.07, 6.45) is 1.79. The van der Waals surface area contributed by atoms with Gasteiger partial charge in [0.05, 0.1) is 13.7 Å². The fourth-order valence-corrected chi connectivity index (χ4v) is 3.87. The number of nitrogens with one attached hydrogen (secondary N) is 1. The van der Waals surface area contributed by atoms with Gasteiger partial charge < -0.3 is 14.6 Å². The number of aryl methyl sites for hydroxylation is 1. The number of fused-ring (bicyclic) bond motifs is 1. The van der Waals surface area contributed by atoms with Gasteiger partial charge in [0.2, 0.25) is 0 Å². The summed E-state index contributed by atoms with van der Waals surface area (Å²) in [6, 6.07) is 16.1. The highest BCUT2D eigenvalue weighted by atomic mass is 16.5. The minimum Gasteiger partial charge on any atom is -0.497 e. The van der Waals surface area contributed by atoms with Gasteiger partial charge in [-0.3, -0.25) is 14.4 Å². The number of carbonyl (C=O) groups is 2. The first kappa shape index (κ1) is 20.6. The number of amides is 1. The third kappa shape index (κ3) is 4.28. The maximum atomic E-state index is 13.3. The molecule has 0 aliphatic heterocycles. The normalized spacial score (nSPS) is 12.9. The van der Waals surface area contributed by atoms with Crippen LogP contribution in [0.2, 0.25) is 0 Å². The van der Waals surface area contributed by atoms with Gasteiger partial charge in [-0.2, -0.15) is 0 Å². The zero-order chi connectivity index (χ0) is 22.0. The Bertz CT molecular complexity index is 1210. The van der Waals surface area contributed by atoms with Crippen LogP contribution in [-0.2, 0) is 13.0 Å². The van der Waals surface area contributed by atoms with E-state index in [2.05, 4.69) is 5.32 Å². The van der Waals surface area contributed by atoms with Crippen molar-refractivity contribution in [2.75, 3.05) is 12.4 Å². The van der Waals surface area contributed by atoms with Crippen LogP contribution in [0.3, 0.4) is 0 Å². The molecule has 1 aliphatic carbocycles. The molecule has 3 aromatic rings. The standard InChI is InChI=1S/C25H24N2O4/c1-16-9-11-18(12-10-16)24(29)26-21-14-20-22(7-4-8-23(20)28)27(25(21)30)15-17-5-3-6-19(13-17)31-2/h3,5-6,9-14H,4,7-8,15H2,1-2H3,(H,26,29). The van der Waals surface area contributed by atoms with Crippen LogP contribution in [0.5, 0.6) is 5.75 Å². The fourth-order valence-electron chi connectivity index (χ4n) is 3.87. The van der Waals surface area contributed by atoms with Crippen molar-refractivity contribution in [1.29, 1.82) is 0 Å². The number of pyridine rings is 1. The summed E-state index contributed by atoms with van der Waals surface area (Å²) < 4.78 is 6.89. The van der Waals surface area contributed by atoms with E-state index in [1.165, 1.54) is 6.07 Å². The second-order valence-electron chi connectivity index (χ2n) is 7.76. The number of Topliss-reactive ketones (excluding diaryl/α,β-unsaturated/α-hetero) is 1. The van der Waals surface area contributed by atoms with Crippen molar-refractivity contribution in [2.45, 2.75) is 32.7 Å². The van der Waals surface area contributed by atoms with Gasteiger partial charge in [-0.05, 0) is 55.7 Å². The van der Waals surface area contributed by atoms with Gasteiger partial charge >= 0.3 is 0 Å². The van der Waals surface area contributed by atoms with Crippen LogP contribution in [0.25, 0.3) is 0 Å². The molecule has 6 nitrogen and oxygen atoms in total. The van der Waals surface area contributed by atoms with Crippen LogP contribution in [0.1, 0.15) is 50.4 Å². The molecule has 1 amide bonds. The van der Waals surface area contributed by atoms with E-state index in [4.69, 9.17) is 4.74 Å². The lowest BCUT2D eigenvalue weighted by Crippen LogP contribution is -2.32. The first-order chi connectivity index (χ1) is 15.0. The smallest absolute Gasteiger partial charge is 0.274 e. The van der Waals surface area contributed by atoms with Crippen LogP contribution < -0.4 is 15.6 Å². The Morgan fingerprint density at radius 2 is 1.84 bits per heavy atom. The highest BCUT2D eigenvalue weighted by Crippen LogP contribution is 2.24. The van der Waals surface area contributed by atoms with Gasteiger partial charge in [0.15, 0.2) is 5.78 Å². The highest BCUT2D eigenvalue weighted by Gasteiger charge is 2.24. The molecule has 0 radical (unpaired) electrons. The fraction of sp³-hybridized carbons (Fsp3) is 0.240. The van der Waals surface area contributed by atoms with Crippen LogP contribution in [-0.4, -0.2) is 23.4 Å². The van der Waals surface area contributed by atoms with Crippen molar-refractivity contribution in [3.05, 3.63) is 92.9 Å². The van der Waals surface area contributed by atoms with Gasteiger partial charge in [0.1, 0.15) is 11.4 Å². The molecule has 0 bridgehead atoms. The van der Waals surface area contributed by atoms with Gasteiger partial charge in [0, 0.05) is 23.2 Å². The van der Waals surface area contributed by atoms with E-state index in [-0.39, 0.29) is 22.9 Å². The Morgan fingerprint density at radius 3 is 2.58 bits per heavy atom. The molecule has 0 spiro atoms. The van der Waals surface area contributed by atoms with E-state index >= 15 is 0 Å². The number of rotatable bonds is 5. The number of anilines is 1. The third-order valence-corrected chi connectivity index (χ3v) is 5.56. The molecule has 0 fully saturated rings. The molecular formula is C25H24N2O4. The van der Waals surface area contributed by atoms with Gasteiger partial charge in [-0.1, -0.05) is 29.8 Å². The van der Waals surface area contributed by atoms with Gasteiger partial charge in [-0.25, -0.2) is 0 Å².